The molecule has 0 aliphatic carbocycles. The minimum atomic E-state index is -0.164. The molecule has 3 N–H and O–H groups in total. The summed E-state index contributed by atoms with van der Waals surface area (Å²) < 4.78 is 5.58. The van der Waals surface area contributed by atoms with Gasteiger partial charge in [-0.2, -0.15) is 0 Å². The molecule has 0 unspecified atom stereocenters. The fourth-order valence-electron chi connectivity index (χ4n) is 3.64. The molecular formula is C20H29N3O2. The van der Waals surface area contributed by atoms with Gasteiger partial charge >= 0.3 is 0 Å². The molecule has 2 aliphatic rings. The zero-order chi connectivity index (χ0) is 17.5. The lowest BCUT2D eigenvalue weighted by molar-refractivity contribution is -0.123. The molecule has 5 nitrogen and oxygen atoms in total. The van der Waals surface area contributed by atoms with Crippen LogP contribution < -0.4 is 11.1 Å². The highest BCUT2D eigenvalue weighted by molar-refractivity contribution is 5.76. The molecule has 1 fully saturated rings. The zero-order valence-electron chi connectivity index (χ0n) is 14.8. The van der Waals surface area contributed by atoms with Gasteiger partial charge in [-0.15, -0.1) is 0 Å². The van der Waals surface area contributed by atoms with Crippen LogP contribution in [0.2, 0.25) is 0 Å². The summed E-state index contributed by atoms with van der Waals surface area (Å²) in [7, 11) is 0. The van der Waals surface area contributed by atoms with Crippen molar-refractivity contribution in [3.05, 3.63) is 47.7 Å². The first-order valence-corrected chi connectivity index (χ1v) is 9.31. The van der Waals surface area contributed by atoms with E-state index in [1.807, 2.05) is 6.26 Å². The number of likely N-dealkylation sites (tertiary alicyclic amines) is 1. The Bertz CT molecular complexity index is 602. The number of primary amides is 1. The quantitative estimate of drug-likeness (QED) is 0.796. The summed E-state index contributed by atoms with van der Waals surface area (Å²) in [6.07, 6.45) is 8.33. The first-order chi connectivity index (χ1) is 12.2. The first kappa shape index (κ1) is 18.0. The second-order valence-corrected chi connectivity index (χ2v) is 7.13. The van der Waals surface area contributed by atoms with Gasteiger partial charge in [0.1, 0.15) is 6.10 Å². The van der Waals surface area contributed by atoms with E-state index in [4.69, 9.17) is 10.5 Å². The highest BCUT2D eigenvalue weighted by atomic mass is 16.5. The van der Waals surface area contributed by atoms with Gasteiger partial charge < -0.3 is 15.8 Å². The number of piperidine rings is 1. The molecule has 1 aromatic rings. The topological polar surface area (TPSA) is 67.6 Å². The van der Waals surface area contributed by atoms with Crippen LogP contribution in [-0.2, 0) is 22.6 Å². The lowest BCUT2D eigenvalue weighted by atomic mass is 9.97. The van der Waals surface area contributed by atoms with Gasteiger partial charge in [-0.1, -0.05) is 24.3 Å². The molecule has 3 rings (SSSR count). The van der Waals surface area contributed by atoms with Crippen molar-refractivity contribution < 1.29 is 9.53 Å². The van der Waals surface area contributed by atoms with Gasteiger partial charge in [-0.3, -0.25) is 9.69 Å². The molecule has 2 heterocycles. The largest absolute Gasteiger partial charge is 0.497 e. The summed E-state index contributed by atoms with van der Waals surface area (Å²) in [6, 6.07) is 8.68. The van der Waals surface area contributed by atoms with Crippen molar-refractivity contribution in [2.24, 2.45) is 11.7 Å². The summed E-state index contributed by atoms with van der Waals surface area (Å²) in [5, 5.41) is 3.49. The Kier molecular flexibility index (Phi) is 6.48. The molecule has 1 saturated heterocycles. The van der Waals surface area contributed by atoms with Gasteiger partial charge in [0, 0.05) is 26.2 Å². The molecule has 1 aromatic carbocycles. The smallest absolute Gasteiger partial charge is 0.221 e. The maximum atomic E-state index is 11.4. The fourth-order valence-corrected chi connectivity index (χ4v) is 3.64. The molecule has 0 aromatic heterocycles. The van der Waals surface area contributed by atoms with Crippen LogP contribution in [0.3, 0.4) is 0 Å². The van der Waals surface area contributed by atoms with Crippen LogP contribution in [0, 0.1) is 5.92 Å². The van der Waals surface area contributed by atoms with Crippen LogP contribution in [0.15, 0.2) is 36.6 Å². The molecular weight excluding hydrogens is 314 g/mol. The Morgan fingerprint density at radius 2 is 2.20 bits per heavy atom. The molecule has 2 atom stereocenters. The van der Waals surface area contributed by atoms with Crippen molar-refractivity contribution in [2.45, 2.75) is 44.9 Å². The number of hydrogen-bond acceptors (Lipinski definition) is 4. The lowest BCUT2D eigenvalue weighted by Gasteiger charge is -2.31. The van der Waals surface area contributed by atoms with Crippen molar-refractivity contribution in [1.29, 1.82) is 0 Å². The predicted molar refractivity (Wildman–Crippen MR) is 98.6 cm³/mol. The van der Waals surface area contributed by atoms with E-state index in [1.165, 1.54) is 11.1 Å². The first-order valence-electron chi connectivity index (χ1n) is 9.31. The van der Waals surface area contributed by atoms with E-state index in [9.17, 15) is 4.79 Å². The highest BCUT2D eigenvalue weighted by Crippen LogP contribution is 2.19. The molecule has 0 spiro atoms. The normalized spacial score (nSPS) is 24.0. The van der Waals surface area contributed by atoms with Gasteiger partial charge in [-0.25, -0.2) is 0 Å². The van der Waals surface area contributed by atoms with E-state index < -0.39 is 0 Å². The third-order valence-electron chi connectivity index (χ3n) is 5.03. The molecule has 0 radical (unpaired) electrons. The van der Waals surface area contributed by atoms with Crippen molar-refractivity contribution in [3.63, 3.8) is 0 Å². The number of ether oxygens (including phenoxy) is 1. The Balaban J connectivity index is 1.47. The average molecular weight is 343 g/mol. The molecule has 2 aliphatic heterocycles. The van der Waals surface area contributed by atoms with E-state index in [1.54, 1.807) is 0 Å². The van der Waals surface area contributed by atoms with Crippen LogP contribution in [0.1, 0.15) is 36.8 Å². The van der Waals surface area contributed by atoms with Crippen LogP contribution >= 0.6 is 0 Å². The minimum Gasteiger partial charge on any atom is -0.497 e. The van der Waals surface area contributed by atoms with E-state index >= 15 is 0 Å². The Labute approximate surface area is 150 Å². The number of carbonyl (C=O) groups excluding carboxylic acids is 1. The number of carbonyl (C=O) groups is 1. The van der Waals surface area contributed by atoms with Gasteiger partial charge in [-0.05, 0) is 49.4 Å². The van der Waals surface area contributed by atoms with Gasteiger partial charge in [0.15, 0.2) is 0 Å². The van der Waals surface area contributed by atoms with Crippen LogP contribution in [0.5, 0.6) is 0 Å². The van der Waals surface area contributed by atoms with Crippen molar-refractivity contribution in [1.82, 2.24) is 10.2 Å². The number of hydrogen-bond donors (Lipinski definition) is 2. The summed E-state index contributed by atoms with van der Waals surface area (Å²) in [5.74, 6) is -0.162. The zero-order valence-corrected chi connectivity index (χ0v) is 14.8. The monoisotopic (exact) mass is 343 g/mol. The minimum absolute atomic E-state index is 0.00291. The van der Waals surface area contributed by atoms with Crippen LogP contribution in [-0.4, -0.2) is 36.5 Å². The third kappa shape index (κ3) is 5.58. The van der Waals surface area contributed by atoms with Crippen LogP contribution in [0.25, 0.3) is 0 Å². The molecule has 1 amide bonds. The maximum absolute atomic E-state index is 11.4. The second kappa shape index (κ2) is 9.02. The third-order valence-corrected chi connectivity index (χ3v) is 5.03. The van der Waals surface area contributed by atoms with Crippen LogP contribution in [0.4, 0.5) is 0 Å². The summed E-state index contributed by atoms with van der Waals surface area (Å²) in [5.41, 5.74) is 8.05. The van der Waals surface area contributed by atoms with Gasteiger partial charge in [0.05, 0.1) is 12.2 Å². The van der Waals surface area contributed by atoms with E-state index in [-0.39, 0.29) is 17.9 Å². The average Bonchev–Trinajstić information content (AvgIpc) is 2.63. The molecule has 0 bridgehead atoms. The Morgan fingerprint density at radius 1 is 1.32 bits per heavy atom. The SMILES string of the molecule is NC(=O)[C@@H]1CCCN(Cc2cccc(CNC[C@H]3CCC=CO3)c2)C1. The fraction of sp³-hybridized carbons (Fsp3) is 0.550. The van der Waals surface area contributed by atoms with Crippen molar-refractivity contribution >= 4 is 5.91 Å². The number of nitrogens with zero attached hydrogens (tertiary/aromatic N) is 1. The number of amides is 1. The lowest BCUT2D eigenvalue weighted by Crippen LogP contribution is -2.40. The molecule has 25 heavy (non-hydrogen) atoms. The molecule has 5 heteroatoms. The highest BCUT2D eigenvalue weighted by Gasteiger charge is 2.23. The van der Waals surface area contributed by atoms with Gasteiger partial charge in [0.2, 0.25) is 5.91 Å². The Hall–Kier alpha value is -1.85. The van der Waals surface area contributed by atoms with E-state index in [2.05, 4.69) is 40.6 Å². The number of allylic oxidation sites excluding steroid dienone is 1. The van der Waals surface area contributed by atoms with Crippen molar-refractivity contribution in [2.75, 3.05) is 19.6 Å². The van der Waals surface area contributed by atoms with E-state index in [0.29, 0.717) is 0 Å². The van der Waals surface area contributed by atoms with Crippen molar-refractivity contribution in [3.8, 4) is 0 Å². The number of nitrogens with two attached hydrogens (primary N) is 1. The molecule has 136 valence electrons. The summed E-state index contributed by atoms with van der Waals surface area (Å²) in [4.78, 5) is 13.8. The maximum Gasteiger partial charge on any atom is 0.221 e. The molecule has 0 saturated carbocycles. The Morgan fingerprint density at radius 3 is 3.00 bits per heavy atom. The predicted octanol–water partition coefficient (Wildman–Crippen LogP) is 2.17. The number of nitrogens with one attached hydrogen (secondary N) is 1. The number of rotatable bonds is 7. The van der Waals surface area contributed by atoms with Gasteiger partial charge in [0.25, 0.3) is 0 Å². The number of benzene rings is 1. The summed E-state index contributed by atoms with van der Waals surface area (Å²) >= 11 is 0. The summed E-state index contributed by atoms with van der Waals surface area (Å²) in [6.45, 7) is 4.43. The second-order valence-electron chi connectivity index (χ2n) is 7.13. The van der Waals surface area contributed by atoms with E-state index in [0.717, 1.165) is 58.4 Å². The standard InChI is InChI=1S/C20H29N3O2/c21-20(24)18-7-4-9-23(15-18)14-17-6-3-5-16(11-17)12-22-13-19-8-1-2-10-25-19/h2-3,5-6,10-11,18-19,22H,1,4,7-9,12-15H2,(H2,21,24)/t18-,19-/m1/s1.